The Hall–Kier alpha value is -2.66. The van der Waals surface area contributed by atoms with E-state index in [4.69, 9.17) is 9.52 Å². The number of rotatable bonds is 4. The maximum atomic E-state index is 12.9. The Morgan fingerprint density at radius 1 is 1.21 bits per heavy atom. The lowest BCUT2D eigenvalue weighted by atomic mass is 9.99. The lowest BCUT2D eigenvalue weighted by Gasteiger charge is -2.12. The van der Waals surface area contributed by atoms with Crippen molar-refractivity contribution in [3.8, 4) is 0 Å². The van der Waals surface area contributed by atoms with E-state index in [-0.39, 0.29) is 16.4 Å². The minimum atomic E-state index is -1.10. The molecule has 5 nitrogen and oxygen atoms in total. The summed E-state index contributed by atoms with van der Waals surface area (Å²) in [7, 11) is 0. The second kappa shape index (κ2) is 6.09. The van der Waals surface area contributed by atoms with Gasteiger partial charge in [-0.05, 0) is 49.2 Å². The second-order valence-corrected chi connectivity index (χ2v) is 5.93. The molecule has 1 unspecified atom stereocenters. The van der Waals surface area contributed by atoms with Crippen LogP contribution in [0.4, 0.5) is 0 Å². The maximum Gasteiger partial charge on any atom is 0.335 e. The standard InChI is InChI=1S/C19H18O5/c1-3-4-11-7-13(10(2)20)18-15(8-11)17(21)14-9-12(19(22)23)5-6-16(14)24-18/h5-10,20H,3-4H2,1-2H3,(H,22,23). The van der Waals surface area contributed by atoms with E-state index >= 15 is 0 Å². The molecular formula is C19H18O5. The van der Waals surface area contributed by atoms with Gasteiger partial charge in [0.2, 0.25) is 5.43 Å². The number of hydrogen-bond acceptors (Lipinski definition) is 4. The number of fused-ring (bicyclic) bond motifs is 2. The van der Waals surface area contributed by atoms with Crippen molar-refractivity contribution >= 4 is 27.9 Å². The predicted octanol–water partition coefficient (Wildman–Crippen LogP) is 3.65. The van der Waals surface area contributed by atoms with Crippen LogP contribution in [0.1, 0.15) is 47.9 Å². The van der Waals surface area contributed by atoms with E-state index in [9.17, 15) is 14.7 Å². The van der Waals surface area contributed by atoms with Gasteiger partial charge in [0, 0.05) is 5.56 Å². The zero-order valence-corrected chi connectivity index (χ0v) is 13.5. The molecule has 2 aromatic carbocycles. The van der Waals surface area contributed by atoms with Gasteiger partial charge in [-0.25, -0.2) is 4.79 Å². The largest absolute Gasteiger partial charge is 0.478 e. The number of carboxylic acids is 1. The Labute approximate surface area is 138 Å². The van der Waals surface area contributed by atoms with E-state index < -0.39 is 12.1 Å². The first-order valence-corrected chi connectivity index (χ1v) is 7.87. The first-order valence-electron chi connectivity index (χ1n) is 7.87. The van der Waals surface area contributed by atoms with Crippen molar-refractivity contribution in [3.63, 3.8) is 0 Å². The van der Waals surface area contributed by atoms with Crippen molar-refractivity contribution in [3.05, 3.63) is 57.2 Å². The van der Waals surface area contributed by atoms with Gasteiger partial charge >= 0.3 is 5.97 Å². The molecule has 0 aliphatic carbocycles. The third-order valence-corrected chi connectivity index (χ3v) is 4.09. The third kappa shape index (κ3) is 2.67. The summed E-state index contributed by atoms with van der Waals surface area (Å²) in [4.78, 5) is 24.0. The van der Waals surface area contributed by atoms with Crippen LogP contribution in [0.3, 0.4) is 0 Å². The van der Waals surface area contributed by atoms with Gasteiger partial charge in [-0.15, -0.1) is 0 Å². The van der Waals surface area contributed by atoms with Crippen LogP contribution in [0, 0.1) is 0 Å². The summed E-state index contributed by atoms with van der Waals surface area (Å²) in [6, 6.07) is 7.83. The highest BCUT2D eigenvalue weighted by atomic mass is 16.4. The Kier molecular flexibility index (Phi) is 4.11. The monoisotopic (exact) mass is 326 g/mol. The molecule has 1 aromatic heterocycles. The van der Waals surface area contributed by atoms with Crippen molar-refractivity contribution in [1.82, 2.24) is 0 Å². The van der Waals surface area contributed by atoms with Crippen molar-refractivity contribution in [2.45, 2.75) is 32.8 Å². The van der Waals surface area contributed by atoms with Gasteiger partial charge in [0.15, 0.2) is 0 Å². The van der Waals surface area contributed by atoms with Crippen molar-refractivity contribution in [2.75, 3.05) is 0 Å². The molecule has 0 fully saturated rings. The van der Waals surface area contributed by atoms with Gasteiger partial charge in [-0.1, -0.05) is 13.3 Å². The van der Waals surface area contributed by atoms with E-state index in [1.54, 1.807) is 13.0 Å². The molecule has 0 radical (unpaired) electrons. The number of carboxylic acid groups (broad SMARTS) is 1. The lowest BCUT2D eigenvalue weighted by Crippen LogP contribution is -2.07. The molecular weight excluding hydrogens is 308 g/mol. The molecule has 0 aliphatic rings. The van der Waals surface area contributed by atoms with Crippen LogP contribution in [-0.2, 0) is 6.42 Å². The van der Waals surface area contributed by atoms with Gasteiger partial charge in [0.25, 0.3) is 0 Å². The normalized spacial score (nSPS) is 12.6. The Morgan fingerprint density at radius 3 is 2.58 bits per heavy atom. The number of aliphatic hydroxyl groups excluding tert-OH is 1. The average molecular weight is 326 g/mol. The molecule has 0 saturated carbocycles. The van der Waals surface area contributed by atoms with Gasteiger partial charge in [-0.3, -0.25) is 4.79 Å². The van der Waals surface area contributed by atoms with Gasteiger partial charge in [0.1, 0.15) is 11.2 Å². The van der Waals surface area contributed by atoms with Crippen LogP contribution in [0.5, 0.6) is 0 Å². The van der Waals surface area contributed by atoms with Crippen LogP contribution >= 0.6 is 0 Å². The molecule has 0 bridgehead atoms. The molecule has 5 heteroatoms. The summed E-state index contributed by atoms with van der Waals surface area (Å²) in [6.45, 7) is 3.66. The fraction of sp³-hybridized carbons (Fsp3) is 0.263. The molecule has 0 spiro atoms. The smallest absolute Gasteiger partial charge is 0.335 e. The first kappa shape index (κ1) is 16.2. The number of aryl methyl sites for hydroxylation is 1. The molecule has 2 N–H and O–H groups in total. The summed E-state index contributed by atoms with van der Waals surface area (Å²) in [5, 5.41) is 19.8. The summed E-state index contributed by atoms with van der Waals surface area (Å²) < 4.78 is 5.83. The molecule has 0 saturated heterocycles. The molecule has 1 heterocycles. The maximum absolute atomic E-state index is 12.9. The van der Waals surface area contributed by atoms with Gasteiger partial charge in [-0.2, -0.15) is 0 Å². The van der Waals surface area contributed by atoms with Crippen LogP contribution in [0.15, 0.2) is 39.5 Å². The highest BCUT2D eigenvalue weighted by Gasteiger charge is 2.16. The van der Waals surface area contributed by atoms with E-state index in [0.29, 0.717) is 22.1 Å². The zero-order chi connectivity index (χ0) is 17.4. The van der Waals surface area contributed by atoms with Crippen LogP contribution in [0.2, 0.25) is 0 Å². The van der Waals surface area contributed by atoms with Crippen LogP contribution in [0.25, 0.3) is 21.9 Å². The minimum Gasteiger partial charge on any atom is -0.478 e. The molecule has 1 atom stereocenters. The summed E-state index contributed by atoms with van der Waals surface area (Å²) in [5.74, 6) is -1.10. The Balaban J connectivity index is 2.42. The van der Waals surface area contributed by atoms with Gasteiger partial charge < -0.3 is 14.6 Å². The number of benzene rings is 2. The fourth-order valence-corrected chi connectivity index (χ4v) is 2.92. The SMILES string of the molecule is CCCc1cc(C(C)O)c2oc3ccc(C(=O)O)cc3c(=O)c2c1. The third-order valence-electron chi connectivity index (χ3n) is 4.09. The highest BCUT2D eigenvalue weighted by Crippen LogP contribution is 2.28. The lowest BCUT2D eigenvalue weighted by molar-refractivity contribution is 0.0697. The minimum absolute atomic E-state index is 0.0367. The molecule has 3 rings (SSSR count). The molecule has 0 amide bonds. The fourth-order valence-electron chi connectivity index (χ4n) is 2.92. The summed E-state index contributed by atoms with van der Waals surface area (Å²) in [5.41, 5.74) is 1.93. The first-order chi connectivity index (χ1) is 11.4. The predicted molar refractivity (Wildman–Crippen MR) is 91.6 cm³/mol. The number of carbonyl (C=O) groups is 1. The van der Waals surface area contributed by atoms with Crippen molar-refractivity contribution in [2.24, 2.45) is 0 Å². The summed E-state index contributed by atoms with van der Waals surface area (Å²) in [6.07, 6.45) is 0.915. The molecule has 124 valence electrons. The van der Waals surface area contributed by atoms with Gasteiger partial charge in [0.05, 0.1) is 22.4 Å². The number of hydrogen-bond donors (Lipinski definition) is 2. The molecule has 0 aliphatic heterocycles. The van der Waals surface area contributed by atoms with Crippen molar-refractivity contribution < 1.29 is 19.4 Å². The zero-order valence-electron chi connectivity index (χ0n) is 13.5. The van der Waals surface area contributed by atoms with E-state index in [1.807, 2.05) is 13.0 Å². The van der Waals surface area contributed by atoms with E-state index in [1.165, 1.54) is 18.2 Å². The van der Waals surface area contributed by atoms with Crippen LogP contribution in [-0.4, -0.2) is 16.2 Å². The molecule has 24 heavy (non-hydrogen) atoms. The van der Waals surface area contributed by atoms with E-state index in [0.717, 1.165) is 18.4 Å². The average Bonchev–Trinajstić information content (AvgIpc) is 2.55. The van der Waals surface area contributed by atoms with Crippen molar-refractivity contribution in [1.29, 1.82) is 0 Å². The Morgan fingerprint density at radius 2 is 1.96 bits per heavy atom. The second-order valence-electron chi connectivity index (χ2n) is 5.93. The Bertz CT molecular complexity index is 998. The number of aliphatic hydroxyl groups is 1. The summed E-state index contributed by atoms with van der Waals surface area (Å²) >= 11 is 0. The molecule has 3 aromatic rings. The number of aromatic carboxylic acids is 1. The highest BCUT2D eigenvalue weighted by molar-refractivity contribution is 5.96. The van der Waals surface area contributed by atoms with E-state index in [2.05, 4.69) is 0 Å². The quantitative estimate of drug-likeness (QED) is 0.715. The van der Waals surface area contributed by atoms with Crippen LogP contribution < -0.4 is 5.43 Å². The topological polar surface area (TPSA) is 87.7 Å².